The smallest absolute Gasteiger partial charge is 0.125 e. The van der Waals surface area contributed by atoms with Crippen molar-refractivity contribution in [3.05, 3.63) is 42.0 Å². The predicted octanol–water partition coefficient (Wildman–Crippen LogP) is 3.28. The zero-order chi connectivity index (χ0) is 12.4. The Bertz CT molecular complexity index is 518. The van der Waals surface area contributed by atoms with Gasteiger partial charge in [-0.15, -0.1) is 0 Å². The van der Waals surface area contributed by atoms with Gasteiger partial charge in [-0.2, -0.15) is 0 Å². The van der Waals surface area contributed by atoms with Gasteiger partial charge in [0.2, 0.25) is 0 Å². The third-order valence-electron chi connectivity index (χ3n) is 2.77. The summed E-state index contributed by atoms with van der Waals surface area (Å²) in [6, 6.07) is 5.71. The second-order valence-electron chi connectivity index (χ2n) is 4.45. The number of aromatic nitrogens is 2. The molecule has 3 heteroatoms. The van der Waals surface area contributed by atoms with Gasteiger partial charge in [-0.25, -0.2) is 9.97 Å². The van der Waals surface area contributed by atoms with Crippen molar-refractivity contribution in [2.45, 2.75) is 26.7 Å². The second-order valence-corrected chi connectivity index (χ2v) is 4.45. The standard InChI is InChI=1S/C14H16N2O/c1-9(2)13-5-4-11(6-14(13)17)12-7-15-10(3)16-8-12/h4-9,17H,1-3H3. The summed E-state index contributed by atoms with van der Waals surface area (Å²) < 4.78 is 0. The summed E-state index contributed by atoms with van der Waals surface area (Å²) in [7, 11) is 0. The van der Waals surface area contributed by atoms with Gasteiger partial charge in [0.05, 0.1) is 0 Å². The Labute approximate surface area is 101 Å². The van der Waals surface area contributed by atoms with Crippen LogP contribution in [-0.2, 0) is 0 Å². The Kier molecular flexibility index (Phi) is 3.09. The number of nitrogens with zero attached hydrogens (tertiary/aromatic N) is 2. The van der Waals surface area contributed by atoms with E-state index in [0.717, 1.165) is 22.5 Å². The van der Waals surface area contributed by atoms with Crippen LogP contribution in [-0.4, -0.2) is 15.1 Å². The lowest BCUT2D eigenvalue weighted by molar-refractivity contribution is 0.465. The lowest BCUT2D eigenvalue weighted by Crippen LogP contribution is -1.90. The molecule has 0 radical (unpaired) electrons. The summed E-state index contributed by atoms with van der Waals surface area (Å²) in [5.41, 5.74) is 2.81. The summed E-state index contributed by atoms with van der Waals surface area (Å²) in [6.45, 7) is 5.97. The molecule has 0 spiro atoms. The number of aryl methyl sites for hydroxylation is 1. The van der Waals surface area contributed by atoms with Crippen molar-refractivity contribution < 1.29 is 5.11 Å². The summed E-state index contributed by atoms with van der Waals surface area (Å²) in [4.78, 5) is 8.30. The van der Waals surface area contributed by atoms with Crippen LogP contribution in [0.2, 0.25) is 0 Å². The maximum atomic E-state index is 9.94. The molecule has 0 bridgehead atoms. The minimum Gasteiger partial charge on any atom is -0.508 e. The van der Waals surface area contributed by atoms with E-state index in [2.05, 4.69) is 23.8 Å². The predicted molar refractivity (Wildman–Crippen MR) is 68.0 cm³/mol. The molecular weight excluding hydrogens is 212 g/mol. The van der Waals surface area contributed by atoms with Gasteiger partial charge in [-0.1, -0.05) is 26.0 Å². The van der Waals surface area contributed by atoms with Gasteiger partial charge in [-0.05, 0) is 30.0 Å². The maximum absolute atomic E-state index is 9.94. The fourth-order valence-corrected chi connectivity index (χ4v) is 1.75. The Morgan fingerprint density at radius 2 is 1.71 bits per heavy atom. The van der Waals surface area contributed by atoms with Gasteiger partial charge >= 0.3 is 0 Å². The molecule has 2 aromatic rings. The fourth-order valence-electron chi connectivity index (χ4n) is 1.75. The number of rotatable bonds is 2. The van der Waals surface area contributed by atoms with Crippen LogP contribution in [0.3, 0.4) is 0 Å². The topological polar surface area (TPSA) is 46.0 Å². The minimum absolute atomic E-state index is 0.318. The molecule has 88 valence electrons. The molecule has 0 saturated heterocycles. The molecule has 0 fully saturated rings. The van der Waals surface area contributed by atoms with Gasteiger partial charge in [0.1, 0.15) is 11.6 Å². The zero-order valence-electron chi connectivity index (χ0n) is 10.3. The van der Waals surface area contributed by atoms with E-state index < -0.39 is 0 Å². The number of phenols is 1. The summed E-state index contributed by atoms with van der Waals surface area (Å²) in [5.74, 6) is 1.40. The Morgan fingerprint density at radius 3 is 2.24 bits per heavy atom. The lowest BCUT2D eigenvalue weighted by Gasteiger charge is -2.10. The van der Waals surface area contributed by atoms with Gasteiger partial charge in [-0.3, -0.25) is 0 Å². The molecule has 1 N–H and O–H groups in total. The average Bonchev–Trinajstić information content (AvgIpc) is 2.29. The first-order valence-corrected chi connectivity index (χ1v) is 5.70. The number of hydrogen-bond donors (Lipinski definition) is 1. The average molecular weight is 228 g/mol. The lowest BCUT2D eigenvalue weighted by atomic mass is 9.98. The van der Waals surface area contributed by atoms with E-state index >= 15 is 0 Å². The van der Waals surface area contributed by atoms with Crippen LogP contribution < -0.4 is 0 Å². The van der Waals surface area contributed by atoms with Crippen molar-refractivity contribution >= 4 is 0 Å². The first-order chi connectivity index (χ1) is 8.08. The van der Waals surface area contributed by atoms with Crippen molar-refractivity contribution in [3.8, 4) is 16.9 Å². The van der Waals surface area contributed by atoms with Crippen LogP contribution in [0.1, 0.15) is 31.2 Å². The fraction of sp³-hybridized carbons (Fsp3) is 0.286. The SMILES string of the molecule is Cc1ncc(-c2ccc(C(C)C)c(O)c2)cn1. The zero-order valence-corrected chi connectivity index (χ0v) is 10.3. The van der Waals surface area contributed by atoms with E-state index in [-0.39, 0.29) is 0 Å². The van der Waals surface area contributed by atoms with E-state index in [1.54, 1.807) is 18.5 Å². The Morgan fingerprint density at radius 1 is 1.06 bits per heavy atom. The first kappa shape index (κ1) is 11.6. The van der Waals surface area contributed by atoms with Crippen LogP contribution in [0.25, 0.3) is 11.1 Å². The molecule has 0 amide bonds. The molecule has 0 unspecified atom stereocenters. The molecule has 3 nitrogen and oxygen atoms in total. The van der Waals surface area contributed by atoms with Gasteiger partial charge in [0.15, 0.2) is 0 Å². The molecule has 1 aromatic heterocycles. The molecule has 0 atom stereocenters. The Hall–Kier alpha value is -1.90. The van der Waals surface area contributed by atoms with Gasteiger partial charge in [0.25, 0.3) is 0 Å². The van der Waals surface area contributed by atoms with Crippen molar-refractivity contribution in [2.75, 3.05) is 0 Å². The summed E-state index contributed by atoms with van der Waals surface area (Å²) in [5, 5.41) is 9.94. The van der Waals surface area contributed by atoms with Gasteiger partial charge < -0.3 is 5.11 Å². The number of benzene rings is 1. The van der Waals surface area contributed by atoms with Crippen LogP contribution in [0.5, 0.6) is 5.75 Å². The number of hydrogen-bond acceptors (Lipinski definition) is 3. The van der Waals surface area contributed by atoms with Crippen LogP contribution in [0, 0.1) is 6.92 Å². The highest BCUT2D eigenvalue weighted by atomic mass is 16.3. The van der Waals surface area contributed by atoms with Crippen LogP contribution >= 0.6 is 0 Å². The monoisotopic (exact) mass is 228 g/mol. The van der Waals surface area contributed by atoms with E-state index in [0.29, 0.717) is 11.7 Å². The molecule has 17 heavy (non-hydrogen) atoms. The molecule has 1 heterocycles. The molecule has 0 aliphatic carbocycles. The van der Waals surface area contributed by atoms with Crippen LogP contribution in [0.4, 0.5) is 0 Å². The quantitative estimate of drug-likeness (QED) is 0.858. The molecule has 1 aromatic carbocycles. The maximum Gasteiger partial charge on any atom is 0.125 e. The number of aromatic hydroxyl groups is 1. The molecule has 2 rings (SSSR count). The van der Waals surface area contributed by atoms with E-state index in [4.69, 9.17) is 0 Å². The Balaban J connectivity index is 2.41. The first-order valence-electron chi connectivity index (χ1n) is 5.70. The second kappa shape index (κ2) is 4.53. The van der Waals surface area contributed by atoms with Crippen molar-refractivity contribution in [3.63, 3.8) is 0 Å². The van der Waals surface area contributed by atoms with E-state index in [1.165, 1.54) is 0 Å². The van der Waals surface area contributed by atoms with Crippen molar-refractivity contribution in [1.82, 2.24) is 9.97 Å². The normalized spacial score (nSPS) is 10.8. The highest BCUT2D eigenvalue weighted by molar-refractivity contribution is 5.64. The third kappa shape index (κ3) is 2.44. The molecular formula is C14H16N2O. The minimum atomic E-state index is 0.318. The summed E-state index contributed by atoms with van der Waals surface area (Å²) in [6.07, 6.45) is 3.54. The summed E-state index contributed by atoms with van der Waals surface area (Å²) >= 11 is 0. The van der Waals surface area contributed by atoms with Crippen LogP contribution in [0.15, 0.2) is 30.6 Å². The van der Waals surface area contributed by atoms with Crippen molar-refractivity contribution in [2.24, 2.45) is 0 Å². The molecule has 0 aliphatic heterocycles. The highest BCUT2D eigenvalue weighted by Gasteiger charge is 2.07. The number of phenolic OH excluding ortho intramolecular Hbond substituents is 1. The van der Waals surface area contributed by atoms with Crippen molar-refractivity contribution in [1.29, 1.82) is 0 Å². The third-order valence-corrected chi connectivity index (χ3v) is 2.77. The highest BCUT2D eigenvalue weighted by Crippen LogP contribution is 2.30. The molecule has 0 aliphatic rings. The largest absolute Gasteiger partial charge is 0.508 e. The van der Waals surface area contributed by atoms with E-state index in [1.807, 2.05) is 19.1 Å². The molecule has 0 saturated carbocycles. The van der Waals surface area contributed by atoms with E-state index in [9.17, 15) is 5.11 Å². The van der Waals surface area contributed by atoms with Gasteiger partial charge in [0, 0.05) is 18.0 Å².